The molecule has 0 aliphatic heterocycles. The molecule has 0 fully saturated rings. The van der Waals surface area contributed by atoms with Crippen LogP contribution in [0.3, 0.4) is 0 Å². The van der Waals surface area contributed by atoms with Gasteiger partial charge in [-0.25, -0.2) is 18.0 Å². The molecule has 0 bridgehead atoms. The second kappa shape index (κ2) is 7.44. The minimum atomic E-state index is -2.74. The van der Waals surface area contributed by atoms with Crippen LogP contribution in [0.2, 0.25) is 0 Å². The number of ether oxygens (including phenoxy) is 1. The molecule has 0 amide bonds. The van der Waals surface area contributed by atoms with E-state index in [1.807, 2.05) is 0 Å². The lowest BCUT2D eigenvalue weighted by atomic mass is 10.2. The Kier molecular flexibility index (Phi) is 6.64. The first kappa shape index (κ1) is 15.2. The number of alkyl halides is 3. The number of carboxylic acids is 1. The summed E-state index contributed by atoms with van der Waals surface area (Å²) in [6.45, 7) is -0.692. The van der Waals surface area contributed by atoms with Crippen molar-refractivity contribution in [1.82, 2.24) is 0 Å². The molecule has 0 spiro atoms. The second-order valence-electron chi connectivity index (χ2n) is 2.76. The predicted octanol–water partition coefficient (Wildman–Crippen LogP) is 1.07. The second-order valence-corrected chi connectivity index (χ2v) is 2.76. The van der Waals surface area contributed by atoms with E-state index >= 15 is 0 Å². The van der Waals surface area contributed by atoms with Crippen molar-refractivity contribution in [3.63, 3.8) is 0 Å². The van der Waals surface area contributed by atoms with Crippen molar-refractivity contribution in [2.75, 3.05) is 6.61 Å². The van der Waals surface area contributed by atoms with Crippen LogP contribution in [0.4, 0.5) is 13.2 Å². The van der Waals surface area contributed by atoms with Crippen LogP contribution < -0.4 is 5.73 Å². The molecule has 1 atom stereocenters. The van der Waals surface area contributed by atoms with Crippen LogP contribution in [0.5, 0.6) is 0 Å². The van der Waals surface area contributed by atoms with Gasteiger partial charge in [0.1, 0.15) is 12.2 Å². The fourth-order valence-electron chi connectivity index (χ4n) is 0.721. The summed E-state index contributed by atoms with van der Waals surface area (Å²) >= 11 is 0. The number of hydrogen-bond acceptors (Lipinski definition) is 4. The van der Waals surface area contributed by atoms with Gasteiger partial charge in [-0.15, -0.1) is 0 Å². The molecule has 4 N–H and O–H groups in total. The van der Waals surface area contributed by atoms with Crippen LogP contribution in [-0.4, -0.2) is 36.3 Å². The number of allylic oxidation sites excluding steroid dienone is 3. The van der Waals surface area contributed by atoms with Crippen molar-refractivity contribution in [1.29, 1.82) is 5.41 Å². The van der Waals surface area contributed by atoms with E-state index in [2.05, 4.69) is 10.5 Å². The van der Waals surface area contributed by atoms with E-state index in [4.69, 9.17) is 10.5 Å². The number of nitrogens with one attached hydrogen (secondary N) is 1. The van der Waals surface area contributed by atoms with Crippen molar-refractivity contribution in [3.8, 4) is 0 Å². The third kappa shape index (κ3) is 7.12. The molecule has 0 saturated heterocycles. The standard InChI is InChI=1S/C9H11F3N2O3/c10-6(11)3-1-2-5(9(15)16)8(14)17-4-7(12)13/h1-3,6-7,14H,4,13H2,(H,15,16)/b3-1+,5-2+,14-8?. The average molecular weight is 252 g/mol. The lowest BCUT2D eigenvalue weighted by Gasteiger charge is -2.07. The molecule has 0 heterocycles. The van der Waals surface area contributed by atoms with Gasteiger partial charge in [-0.2, -0.15) is 0 Å². The van der Waals surface area contributed by atoms with E-state index in [9.17, 15) is 18.0 Å². The summed E-state index contributed by atoms with van der Waals surface area (Å²) in [5.41, 5.74) is 4.01. The molecule has 96 valence electrons. The molecule has 0 aliphatic carbocycles. The quantitative estimate of drug-likeness (QED) is 0.216. The highest BCUT2D eigenvalue weighted by Gasteiger charge is 2.15. The zero-order chi connectivity index (χ0) is 13.4. The number of aliphatic carboxylic acids is 1. The van der Waals surface area contributed by atoms with Gasteiger partial charge in [-0.1, -0.05) is 6.08 Å². The fraction of sp³-hybridized carbons (Fsp3) is 0.333. The molecular weight excluding hydrogens is 241 g/mol. The predicted molar refractivity (Wildman–Crippen MR) is 53.6 cm³/mol. The van der Waals surface area contributed by atoms with Gasteiger partial charge in [0.25, 0.3) is 6.43 Å². The maximum absolute atomic E-state index is 12.2. The Morgan fingerprint density at radius 1 is 1.47 bits per heavy atom. The normalized spacial score (nSPS) is 14.1. The van der Waals surface area contributed by atoms with Gasteiger partial charge in [0.05, 0.1) is 0 Å². The van der Waals surface area contributed by atoms with Crippen LogP contribution in [-0.2, 0) is 9.53 Å². The largest absolute Gasteiger partial charge is 0.477 e. The van der Waals surface area contributed by atoms with Crippen LogP contribution >= 0.6 is 0 Å². The minimum absolute atomic E-state index is 0.428. The van der Waals surface area contributed by atoms with E-state index in [1.54, 1.807) is 0 Å². The van der Waals surface area contributed by atoms with Gasteiger partial charge in [-0.05, 0) is 12.2 Å². The summed E-state index contributed by atoms with van der Waals surface area (Å²) in [7, 11) is 0. The zero-order valence-corrected chi connectivity index (χ0v) is 8.57. The SMILES string of the molecule is N=C(OCC(N)F)/C(=C\C=C\C(F)F)C(=O)O. The molecule has 5 nitrogen and oxygen atoms in total. The summed E-state index contributed by atoms with van der Waals surface area (Å²) < 4.78 is 40.0. The number of hydrogen-bond donors (Lipinski definition) is 3. The molecule has 8 heteroatoms. The molecular formula is C9H11F3N2O3. The monoisotopic (exact) mass is 252 g/mol. The first-order valence-electron chi connectivity index (χ1n) is 4.36. The minimum Gasteiger partial charge on any atom is -0.477 e. The number of rotatable bonds is 6. The van der Waals surface area contributed by atoms with Crippen molar-refractivity contribution < 1.29 is 27.8 Å². The van der Waals surface area contributed by atoms with Gasteiger partial charge < -0.3 is 9.84 Å². The maximum Gasteiger partial charge on any atom is 0.341 e. The number of nitrogens with two attached hydrogens (primary N) is 1. The zero-order valence-electron chi connectivity index (χ0n) is 8.57. The highest BCUT2D eigenvalue weighted by molar-refractivity contribution is 6.14. The molecule has 1 unspecified atom stereocenters. The lowest BCUT2D eigenvalue weighted by molar-refractivity contribution is -0.132. The average Bonchev–Trinajstić information content (AvgIpc) is 2.20. The van der Waals surface area contributed by atoms with E-state index < -0.39 is 36.8 Å². The molecule has 17 heavy (non-hydrogen) atoms. The topological polar surface area (TPSA) is 96.4 Å². The van der Waals surface area contributed by atoms with E-state index in [-0.39, 0.29) is 0 Å². The van der Waals surface area contributed by atoms with Crippen molar-refractivity contribution in [2.24, 2.45) is 5.73 Å². The molecule has 0 aromatic rings. The summed E-state index contributed by atoms with van der Waals surface area (Å²) in [6, 6.07) is 0. The van der Waals surface area contributed by atoms with Gasteiger partial charge in [0.2, 0.25) is 5.90 Å². The van der Waals surface area contributed by atoms with Gasteiger partial charge >= 0.3 is 5.97 Å². The summed E-state index contributed by atoms with van der Waals surface area (Å²) in [5.74, 6) is -2.41. The van der Waals surface area contributed by atoms with Gasteiger partial charge in [0.15, 0.2) is 6.30 Å². The van der Waals surface area contributed by atoms with Crippen LogP contribution in [0, 0.1) is 5.41 Å². The summed E-state index contributed by atoms with van der Waals surface area (Å²) in [6.07, 6.45) is -2.66. The van der Waals surface area contributed by atoms with E-state index in [1.165, 1.54) is 0 Å². The lowest BCUT2D eigenvalue weighted by Crippen LogP contribution is -2.24. The summed E-state index contributed by atoms with van der Waals surface area (Å²) in [5, 5.41) is 15.8. The molecule has 0 rings (SSSR count). The first-order valence-corrected chi connectivity index (χ1v) is 4.36. The van der Waals surface area contributed by atoms with E-state index in [0.717, 1.165) is 12.2 Å². The summed E-state index contributed by atoms with van der Waals surface area (Å²) in [4.78, 5) is 10.6. The Morgan fingerprint density at radius 2 is 2.06 bits per heavy atom. The van der Waals surface area contributed by atoms with Crippen molar-refractivity contribution >= 4 is 11.9 Å². The Balaban J connectivity index is 4.63. The van der Waals surface area contributed by atoms with Crippen LogP contribution in [0.25, 0.3) is 0 Å². The molecule has 0 aliphatic rings. The molecule has 0 radical (unpaired) electrons. The number of carboxylic acid groups (broad SMARTS) is 1. The smallest absolute Gasteiger partial charge is 0.341 e. The van der Waals surface area contributed by atoms with Crippen LogP contribution in [0.15, 0.2) is 23.8 Å². The molecule has 0 saturated carbocycles. The van der Waals surface area contributed by atoms with Crippen LogP contribution in [0.1, 0.15) is 0 Å². The third-order valence-corrected chi connectivity index (χ3v) is 1.38. The van der Waals surface area contributed by atoms with Gasteiger partial charge in [0, 0.05) is 0 Å². The Morgan fingerprint density at radius 3 is 2.47 bits per heavy atom. The highest BCUT2D eigenvalue weighted by atomic mass is 19.3. The third-order valence-electron chi connectivity index (χ3n) is 1.38. The van der Waals surface area contributed by atoms with Crippen molar-refractivity contribution in [2.45, 2.75) is 12.7 Å². The number of halogens is 3. The Labute approximate surface area is 94.9 Å². The highest BCUT2D eigenvalue weighted by Crippen LogP contribution is 2.02. The fourth-order valence-corrected chi connectivity index (χ4v) is 0.721. The molecule has 0 aromatic heterocycles. The molecule has 0 aromatic carbocycles. The Hall–Kier alpha value is -1.83. The first-order chi connectivity index (χ1) is 7.84. The van der Waals surface area contributed by atoms with Crippen molar-refractivity contribution in [3.05, 3.63) is 23.8 Å². The number of carbonyl (C=O) groups is 1. The Bertz CT molecular complexity index is 340. The van der Waals surface area contributed by atoms with Gasteiger partial charge in [-0.3, -0.25) is 11.1 Å². The maximum atomic E-state index is 12.2. The van der Waals surface area contributed by atoms with E-state index in [0.29, 0.717) is 6.08 Å².